The lowest BCUT2D eigenvalue weighted by Gasteiger charge is -2.10. The van der Waals surface area contributed by atoms with E-state index in [0.29, 0.717) is 27.5 Å². The minimum Gasteiger partial charge on any atom is -0.492 e. The van der Waals surface area contributed by atoms with E-state index in [1.165, 1.54) is 29.2 Å². The lowest BCUT2D eigenvalue weighted by atomic mass is 10.2. The molecule has 0 fully saturated rings. The molecule has 0 unspecified atom stereocenters. The summed E-state index contributed by atoms with van der Waals surface area (Å²) in [6.45, 7) is 2.40. The number of benzene rings is 2. The molecule has 2 amide bonds. The number of hydrogen-bond acceptors (Lipinski definition) is 7. The van der Waals surface area contributed by atoms with E-state index in [1.807, 2.05) is 49.4 Å². The van der Waals surface area contributed by atoms with Gasteiger partial charge in [0.05, 0.1) is 18.0 Å². The molecule has 1 heterocycles. The number of aromatic nitrogens is 2. The van der Waals surface area contributed by atoms with Gasteiger partial charge in [0.15, 0.2) is 4.34 Å². The van der Waals surface area contributed by atoms with Crippen LogP contribution in [0.5, 0.6) is 5.75 Å². The number of para-hydroxylation sites is 2. The molecule has 0 aliphatic carbocycles. The second-order valence-electron chi connectivity index (χ2n) is 5.87. The first kappa shape index (κ1) is 21.5. The highest BCUT2D eigenvalue weighted by Crippen LogP contribution is 2.27. The van der Waals surface area contributed by atoms with Gasteiger partial charge in [-0.05, 0) is 30.7 Å². The number of rotatable bonds is 9. The van der Waals surface area contributed by atoms with Crippen molar-refractivity contribution in [3.8, 4) is 5.75 Å². The summed E-state index contributed by atoms with van der Waals surface area (Å²) in [6.07, 6.45) is 3.16. The Hall–Kier alpha value is -3.17. The van der Waals surface area contributed by atoms with Gasteiger partial charge in [0, 0.05) is 6.08 Å². The van der Waals surface area contributed by atoms with Crippen LogP contribution in [0.4, 0.5) is 10.8 Å². The van der Waals surface area contributed by atoms with Crippen molar-refractivity contribution in [2.45, 2.75) is 11.3 Å². The molecule has 154 valence electrons. The predicted octanol–water partition coefficient (Wildman–Crippen LogP) is 4.32. The first-order chi connectivity index (χ1) is 14.6. The van der Waals surface area contributed by atoms with Crippen LogP contribution in [-0.4, -0.2) is 34.4 Å². The van der Waals surface area contributed by atoms with Gasteiger partial charge in [-0.1, -0.05) is 65.6 Å². The second-order valence-corrected chi connectivity index (χ2v) is 8.07. The standard InChI is InChI=1S/C21H20N4O3S2/c1-2-28-17-11-7-6-10-16(17)22-19(27)14-29-21-25-24-20(30-21)23-18(26)13-12-15-8-4-3-5-9-15/h3-13H,2,14H2,1H3,(H,22,27)(H,23,24,26). The van der Waals surface area contributed by atoms with Crippen molar-refractivity contribution in [3.05, 3.63) is 66.2 Å². The fourth-order valence-corrected chi connectivity index (χ4v) is 3.92. The topological polar surface area (TPSA) is 93.2 Å². The Kier molecular flexibility index (Phi) is 7.99. The van der Waals surface area contributed by atoms with Crippen LogP contribution in [0, 0.1) is 0 Å². The van der Waals surface area contributed by atoms with Gasteiger partial charge in [-0.2, -0.15) is 0 Å². The highest BCUT2D eigenvalue weighted by molar-refractivity contribution is 8.01. The maximum atomic E-state index is 12.2. The predicted molar refractivity (Wildman–Crippen MR) is 121 cm³/mol. The van der Waals surface area contributed by atoms with Gasteiger partial charge in [0.1, 0.15) is 5.75 Å². The van der Waals surface area contributed by atoms with E-state index < -0.39 is 0 Å². The Morgan fingerprint density at radius 3 is 2.63 bits per heavy atom. The molecule has 9 heteroatoms. The average molecular weight is 441 g/mol. The van der Waals surface area contributed by atoms with Crippen LogP contribution in [0.3, 0.4) is 0 Å². The summed E-state index contributed by atoms with van der Waals surface area (Å²) < 4.78 is 6.09. The van der Waals surface area contributed by atoms with E-state index in [1.54, 1.807) is 18.2 Å². The van der Waals surface area contributed by atoms with Gasteiger partial charge in [0.2, 0.25) is 16.9 Å². The molecule has 0 atom stereocenters. The number of anilines is 2. The number of ether oxygens (including phenoxy) is 1. The van der Waals surface area contributed by atoms with Crippen molar-refractivity contribution in [3.63, 3.8) is 0 Å². The van der Waals surface area contributed by atoms with Crippen LogP contribution in [-0.2, 0) is 9.59 Å². The van der Waals surface area contributed by atoms with Gasteiger partial charge < -0.3 is 10.1 Å². The zero-order valence-electron chi connectivity index (χ0n) is 16.2. The quantitative estimate of drug-likeness (QED) is 0.292. The number of amides is 2. The van der Waals surface area contributed by atoms with Crippen LogP contribution in [0.2, 0.25) is 0 Å². The van der Waals surface area contributed by atoms with Gasteiger partial charge in [-0.3, -0.25) is 14.9 Å². The summed E-state index contributed by atoms with van der Waals surface area (Å²) in [5.74, 6) is 0.315. The van der Waals surface area contributed by atoms with Crippen molar-refractivity contribution in [2.75, 3.05) is 23.0 Å². The molecule has 3 rings (SSSR count). The van der Waals surface area contributed by atoms with Crippen molar-refractivity contribution < 1.29 is 14.3 Å². The number of hydrogen-bond donors (Lipinski definition) is 2. The maximum Gasteiger partial charge on any atom is 0.250 e. The van der Waals surface area contributed by atoms with E-state index in [2.05, 4.69) is 20.8 Å². The molecular formula is C21H20N4O3S2. The average Bonchev–Trinajstić information content (AvgIpc) is 3.20. The molecule has 0 saturated carbocycles. The summed E-state index contributed by atoms with van der Waals surface area (Å²) in [6, 6.07) is 16.8. The van der Waals surface area contributed by atoms with E-state index in [4.69, 9.17) is 4.74 Å². The number of carbonyl (C=O) groups is 2. The Balaban J connectivity index is 1.48. The largest absolute Gasteiger partial charge is 0.492 e. The minimum atomic E-state index is -0.295. The van der Waals surface area contributed by atoms with Crippen molar-refractivity contribution in [2.24, 2.45) is 0 Å². The SMILES string of the molecule is CCOc1ccccc1NC(=O)CSc1nnc(NC(=O)C=Cc2ccccc2)s1. The monoisotopic (exact) mass is 440 g/mol. The Bertz CT molecular complexity index is 1020. The van der Waals surface area contributed by atoms with E-state index in [0.717, 1.165) is 5.56 Å². The van der Waals surface area contributed by atoms with Gasteiger partial charge in [0.25, 0.3) is 0 Å². The molecule has 1 aromatic heterocycles. The molecule has 0 saturated heterocycles. The van der Waals surface area contributed by atoms with Crippen molar-refractivity contribution in [1.82, 2.24) is 10.2 Å². The van der Waals surface area contributed by atoms with E-state index >= 15 is 0 Å². The highest BCUT2D eigenvalue weighted by atomic mass is 32.2. The number of thioether (sulfide) groups is 1. The smallest absolute Gasteiger partial charge is 0.250 e. The van der Waals surface area contributed by atoms with Crippen LogP contribution in [0.1, 0.15) is 12.5 Å². The van der Waals surface area contributed by atoms with E-state index in [-0.39, 0.29) is 17.6 Å². The molecule has 0 bridgehead atoms. The highest BCUT2D eigenvalue weighted by Gasteiger charge is 2.11. The van der Waals surface area contributed by atoms with Crippen LogP contribution < -0.4 is 15.4 Å². The second kappa shape index (κ2) is 11.1. The molecule has 0 aliphatic heterocycles. The molecule has 0 radical (unpaired) electrons. The third kappa shape index (κ3) is 6.71. The molecule has 2 aromatic carbocycles. The zero-order valence-corrected chi connectivity index (χ0v) is 17.8. The molecule has 2 N–H and O–H groups in total. The Morgan fingerprint density at radius 2 is 1.83 bits per heavy atom. The Morgan fingerprint density at radius 1 is 1.07 bits per heavy atom. The first-order valence-electron chi connectivity index (χ1n) is 9.16. The number of nitrogens with zero attached hydrogens (tertiary/aromatic N) is 2. The number of carbonyl (C=O) groups excluding carboxylic acids is 2. The molecule has 30 heavy (non-hydrogen) atoms. The van der Waals surface area contributed by atoms with Crippen LogP contribution in [0.25, 0.3) is 6.08 Å². The fourth-order valence-electron chi connectivity index (χ4n) is 2.37. The van der Waals surface area contributed by atoms with E-state index in [9.17, 15) is 9.59 Å². The molecular weight excluding hydrogens is 420 g/mol. The summed E-state index contributed by atoms with van der Waals surface area (Å²) >= 11 is 2.46. The molecule has 7 nitrogen and oxygen atoms in total. The fraction of sp³-hybridized carbons (Fsp3) is 0.143. The number of nitrogens with one attached hydrogen (secondary N) is 2. The maximum absolute atomic E-state index is 12.2. The van der Waals surface area contributed by atoms with Gasteiger partial charge in [-0.15, -0.1) is 10.2 Å². The molecule has 0 spiro atoms. The van der Waals surface area contributed by atoms with Gasteiger partial charge in [-0.25, -0.2) is 0 Å². The summed E-state index contributed by atoms with van der Waals surface area (Å²) in [5.41, 5.74) is 1.55. The third-order valence-electron chi connectivity index (χ3n) is 3.65. The summed E-state index contributed by atoms with van der Waals surface area (Å²) in [5, 5.41) is 13.8. The molecule has 0 aliphatic rings. The summed E-state index contributed by atoms with van der Waals surface area (Å²) in [7, 11) is 0. The normalized spacial score (nSPS) is 10.7. The first-order valence-corrected chi connectivity index (χ1v) is 11.0. The van der Waals surface area contributed by atoms with Crippen LogP contribution >= 0.6 is 23.1 Å². The van der Waals surface area contributed by atoms with Crippen molar-refractivity contribution >= 4 is 51.8 Å². The lowest BCUT2D eigenvalue weighted by Crippen LogP contribution is -2.14. The zero-order chi connectivity index (χ0) is 21.2. The van der Waals surface area contributed by atoms with Gasteiger partial charge >= 0.3 is 0 Å². The van der Waals surface area contributed by atoms with Crippen molar-refractivity contribution in [1.29, 1.82) is 0 Å². The van der Waals surface area contributed by atoms with Crippen LogP contribution in [0.15, 0.2) is 65.0 Å². The minimum absolute atomic E-state index is 0.164. The lowest BCUT2D eigenvalue weighted by molar-refractivity contribution is -0.114. The Labute approximate surface area is 182 Å². The third-order valence-corrected chi connectivity index (χ3v) is 5.62. The molecule has 3 aromatic rings. The summed E-state index contributed by atoms with van der Waals surface area (Å²) in [4.78, 5) is 24.2.